The van der Waals surface area contributed by atoms with E-state index in [4.69, 9.17) is 16.0 Å². The van der Waals surface area contributed by atoms with Crippen LogP contribution in [0.25, 0.3) is 0 Å². The van der Waals surface area contributed by atoms with Gasteiger partial charge in [-0.25, -0.2) is 4.39 Å². The molecule has 19 heavy (non-hydrogen) atoms. The van der Waals surface area contributed by atoms with Crippen molar-refractivity contribution in [3.05, 3.63) is 58.8 Å². The first-order valence-corrected chi connectivity index (χ1v) is 6.23. The third-order valence-corrected chi connectivity index (χ3v) is 2.97. The van der Waals surface area contributed by atoms with Gasteiger partial charge >= 0.3 is 0 Å². The summed E-state index contributed by atoms with van der Waals surface area (Å²) in [7, 11) is 0. The highest BCUT2D eigenvalue weighted by Gasteiger charge is 2.17. The Kier molecular flexibility index (Phi) is 4.22. The summed E-state index contributed by atoms with van der Waals surface area (Å²) in [4.78, 5) is 12.0. The molecule has 1 aromatic heterocycles. The minimum absolute atomic E-state index is 0.0997. The van der Waals surface area contributed by atoms with Crippen molar-refractivity contribution in [3.63, 3.8) is 0 Å². The van der Waals surface area contributed by atoms with E-state index in [0.29, 0.717) is 6.42 Å². The molecule has 0 saturated carbocycles. The standard InChI is InChI=1S/C14H13ClFNO2/c1-9(8-10-4-3-7-19-10)17-14(18)13-11(15)5-2-6-12(13)16/h2-7,9H,8H2,1H3,(H,17,18). The van der Waals surface area contributed by atoms with E-state index in [-0.39, 0.29) is 16.6 Å². The van der Waals surface area contributed by atoms with Gasteiger partial charge in [0.05, 0.1) is 16.8 Å². The van der Waals surface area contributed by atoms with Gasteiger partial charge in [-0.1, -0.05) is 17.7 Å². The lowest BCUT2D eigenvalue weighted by molar-refractivity contribution is 0.0935. The summed E-state index contributed by atoms with van der Waals surface area (Å²) in [6, 6.07) is 7.56. The van der Waals surface area contributed by atoms with Gasteiger partial charge in [0.15, 0.2) is 0 Å². The number of halogens is 2. The number of nitrogens with one attached hydrogen (secondary N) is 1. The number of hydrogen-bond donors (Lipinski definition) is 1. The molecule has 0 aliphatic heterocycles. The molecule has 1 N–H and O–H groups in total. The van der Waals surface area contributed by atoms with Crippen LogP contribution in [0, 0.1) is 5.82 Å². The van der Waals surface area contributed by atoms with Gasteiger partial charge in [0.1, 0.15) is 11.6 Å². The molecule has 1 heterocycles. The molecule has 0 spiro atoms. The number of furan rings is 1. The van der Waals surface area contributed by atoms with Gasteiger partial charge in [-0.2, -0.15) is 0 Å². The van der Waals surface area contributed by atoms with Crippen molar-refractivity contribution in [3.8, 4) is 0 Å². The first-order valence-electron chi connectivity index (χ1n) is 5.85. The average Bonchev–Trinajstić information content (AvgIpc) is 2.81. The number of hydrogen-bond acceptors (Lipinski definition) is 2. The molecule has 0 bridgehead atoms. The van der Waals surface area contributed by atoms with Crippen LogP contribution in [0.4, 0.5) is 4.39 Å². The first-order chi connectivity index (χ1) is 9.08. The molecule has 5 heteroatoms. The minimum atomic E-state index is -0.629. The number of amides is 1. The molecular formula is C14H13ClFNO2. The summed E-state index contributed by atoms with van der Waals surface area (Å²) in [5.74, 6) is -0.398. The summed E-state index contributed by atoms with van der Waals surface area (Å²) < 4.78 is 18.8. The van der Waals surface area contributed by atoms with Gasteiger partial charge in [0, 0.05) is 12.5 Å². The Balaban J connectivity index is 2.04. The third kappa shape index (κ3) is 3.35. The number of carbonyl (C=O) groups excluding carboxylic acids is 1. The second-order valence-electron chi connectivity index (χ2n) is 4.25. The third-order valence-electron chi connectivity index (χ3n) is 2.65. The van der Waals surface area contributed by atoms with E-state index >= 15 is 0 Å². The van der Waals surface area contributed by atoms with Gasteiger partial charge < -0.3 is 9.73 Å². The predicted molar refractivity (Wildman–Crippen MR) is 70.8 cm³/mol. The van der Waals surface area contributed by atoms with Crippen LogP contribution in [0.15, 0.2) is 41.0 Å². The largest absolute Gasteiger partial charge is 0.469 e. The molecule has 2 rings (SSSR count). The van der Waals surface area contributed by atoms with E-state index in [1.165, 1.54) is 18.2 Å². The van der Waals surface area contributed by atoms with Crippen LogP contribution in [0.2, 0.25) is 5.02 Å². The Morgan fingerprint density at radius 1 is 1.42 bits per heavy atom. The highest BCUT2D eigenvalue weighted by molar-refractivity contribution is 6.33. The van der Waals surface area contributed by atoms with Crippen LogP contribution in [0.5, 0.6) is 0 Å². The Morgan fingerprint density at radius 2 is 2.21 bits per heavy atom. The van der Waals surface area contributed by atoms with Crippen molar-refractivity contribution >= 4 is 17.5 Å². The highest BCUT2D eigenvalue weighted by Crippen LogP contribution is 2.19. The lowest BCUT2D eigenvalue weighted by Crippen LogP contribution is -2.34. The van der Waals surface area contributed by atoms with E-state index in [0.717, 1.165) is 5.76 Å². The Morgan fingerprint density at radius 3 is 2.84 bits per heavy atom. The van der Waals surface area contributed by atoms with Crippen molar-refractivity contribution in [2.45, 2.75) is 19.4 Å². The number of rotatable bonds is 4. The zero-order chi connectivity index (χ0) is 13.8. The maximum absolute atomic E-state index is 13.6. The van der Waals surface area contributed by atoms with Gasteiger partial charge in [0.2, 0.25) is 0 Å². The Bertz CT molecular complexity index is 549. The summed E-state index contributed by atoms with van der Waals surface area (Å²) in [6.45, 7) is 1.81. The fourth-order valence-electron chi connectivity index (χ4n) is 1.79. The molecule has 0 radical (unpaired) electrons. The average molecular weight is 282 g/mol. The van der Waals surface area contributed by atoms with Crippen molar-refractivity contribution in [2.24, 2.45) is 0 Å². The maximum atomic E-state index is 13.6. The maximum Gasteiger partial charge on any atom is 0.256 e. The van der Waals surface area contributed by atoms with E-state index in [9.17, 15) is 9.18 Å². The van der Waals surface area contributed by atoms with Crippen LogP contribution in [0.1, 0.15) is 23.0 Å². The molecule has 100 valence electrons. The quantitative estimate of drug-likeness (QED) is 0.933. The minimum Gasteiger partial charge on any atom is -0.469 e. The molecule has 0 fully saturated rings. The molecule has 0 saturated heterocycles. The van der Waals surface area contributed by atoms with E-state index < -0.39 is 11.7 Å². The molecule has 1 atom stereocenters. The molecule has 0 aliphatic carbocycles. The topological polar surface area (TPSA) is 42.2 Å². The van der Waals surface area contributed by atoms with Gasteiger partial charge in [-0.15, -0.1) is 0 Å². The SMILES string of the molecule is CC(Cc1ccco1)NC(=O)c1c(F)cccc1Cl. The smallest absolute Gasteiger partial charge is 0.256 e. The van der Waals surface area contributed by atoms with Gasteiger partial charge in [-0.3, -0.25) is 4.79 Å². The fraction of sp³-hybridized carbons (Fsp3) is 0.214. The first kappa shape index (κ1) is 13.6. The summed E-state index contributed by atoms with van der Waals surface area (Å²) in [6.07, 6.45) is 2.10. The molecule has 1 amide bonds. The second-order valence-corrected chi connectivity index (χ2v) is 4.66. The summed E-state index contributed by atoms with van der Waals surface area (Å²) >= 11 is 5.83. The zero-order valence-electron chi connectivity index (χ0n) is 10.3. The summed E-state index contributed by atoms with van der Waals surface area (Å²) in [5, 5.41) is 2.79. The monoisotopic (exact) mass is 281 g/mol. The van der Waals surface area contributed by atoms with Crippen LogP contribution < -0.4 is 5.32 Å². The van der Waals surface area contributed by atoms with Crippen LogP contribution in [0.3, 0.4) is 0 Å². The predicted octanol–water partition coefficient (Wildman–Crippen LogP) is 3.43. The van der Waals surface area contributed by atoms with Crippen LogP contribution >= 0.6 is 11.6 Å². The van der Waals surface area contributed by atoms with Gasteiger partial charge in [0.25, 0.3) is 5.91 Å². The molecule has 1 unspecified atom stereocenters. The molecule has 3 nitrogen and oxygen atoms in total. The van der Waals surface area contributed by atoms with Crippen molar-refractivity contribution in [2.75, 3.05) is 0 Å². The molecule has 0 aliphatic rings. The van der Waals surface area contributed by atoms with Crippen LogP contribution in [-0.4, -0.2) is 11.9 Å². The van der Waals surface area contributed by atoms with Crippen LogP contribution in [-0.2, 0) is 6.42 Å². The zero-order valence-corrected chi connectivity index (χ0v) is 11.1. The van der Waals surface area contributed by atoms with E-state index in [1.807, 2.05) is 13.0 Å². The summed E-state index contributed by atoms with van der Waals surface area (Å²) in [5.41, 5.74) is -0.129. The molecule has 2 aromatic rings. The van der Waals surface area contributed by atoms with Crippen molar-refractivity contribution < 1.29 is 13.6 Å². The molecular weight excluding hydrogens is 269 g/mol. The number of carbonyl (C=O) groups is 1. The van der Waals surface area contributed by atoms with Gasteiger partial charge in [-0.05, 0) is 31.2 Å². The van der Waals surface area contributed by atoms with Crippen molar-refractivity contribution in [1.29, 1.82) is 0 Å². The van der Waals surface area contributed by atoms with E-state index in [2.05, 4.69) is 5.32 Å². The fourth-order valence-corrected chi connectivity index (χ4v) is 2.04. The lowest BCUT2D eigenvalue weighted by atomic mass is 10.1. The molecule has 1 aromatic carbocycles. The van der Waals surface area contributed by atoms with E-state index in [1.54, 1.807) is 12.3 Å². The highest BCUT2D eigenvalue weighted by atomic mass is 35.5. The second kappa shape index (κ2) is 5.89. The Hall–Kier alpha value is -1.81. The number of benzene rings is 1. The van der Waals surface area contributed by atoms with Crippen molar-refractivity contribution in [1.82, 2.24) is 5.32 Å². The Labute approximate surface area is 115 Å². The normalized spacial score (nSPS) is 12.2. The lowest BCUT2D eigenvalue weighted by Gasteiger charge is -2.13.